The third-order valence-electron chi connectivity index (χ3n) is 3.24. The number of carbonyl (C=O) groups is 1. The van der Waals surface area contributed by atoms with Crippen LogP contribution in [0.2, 0.25) is 0 Å². The van der Waals surface area contributed by atoms with Crippen LogP contribution < -0.4 is 10.1 Å². The molecule has 0 bridgehead atoms. The largest absolute Gasteiger partial charge is 0.494 e. The highest BCUT2D eigenvalue weighted by atomic mass is 16.5. The van der Waals surface area contributed by atoms with Crippen molar-refractivity contribution in [2.24, 2.45) is 0 Å². The van der Waals surface area contributed by atoms with Crippen LogP contribution in [0.5, 0.6) is 5.75 Å². The van der Waals surface area contributed by atoms with Crippen molar-refractivity contribution in [2.45, 2.75) is 6.92 Å². The lowest BCUT2D eigenvalue weighted by Crippen LogP contribution is -2.46. The normalized spacial score (nSPS) is 15.4. The molecule has 0 aliphatic carbocycles. The van der Waals surface area contributed by atoms with E-state index in [9.17, 15) is 10.1 Å². The molecule has 0 aromatic heterocycles. The first kappa shape index (κ1) is 15.1. The summed E-state index contributed by atoms with van der Waals surface area (Å²) in [5.41, 5.74) is 0.950. The van der Waals surface area contributed by atoms with Crippen LogP contribution in [0.4, 0.5) is 0 Å². The molecule has 110 valence electrons. The second kappa shape index (κ2) is 7.46. The molecule has 1 aromatic rings. The Morgan fingerprint density at radius 3 is 2.90 bits per heavy atom. The third kappa shape index (κ3) is 4.07. The number of carbonyl (C=O) groups excluding carboxylic acids is 1. The monoisotopic (exact) mass is 285 g/mol. The number of rotatable bonds is 4. The van der Waals surface area contributed by atoms with Gasteiger partial charge in [0.25, 0.3) is 5.91 Å². The van der Waals surface area contributed by atoms with Gasteiger partial charge in [0.15, 0.2) is 0 Å². The molecule has 1 heterocycles. The predicted molar refractivity (Wildman–Crippen MR) is 80.7 cm³/mol. The van der Waals surface area contributed by atoms with Gasteiger partial charge < -0.3 is 15.0 Å². The molecule has 21 heavy (non-hydrogen) atoms. The van der Waals surface area contributed by atoms with Crippen LogP contribution in [-0.2, 0) is 4.79 Å². The van der Waals surface area contributed by atoms with Gasteiger partial charge in [0.2, 0.25) is 0 Å². The fraction of sp³-hybridized carbons (Fsp3) is 0.375. The molecule has 1 saturated heterocycles. The summed E-state index contributed by atoms with van der Waals surface area (Å²) in [4.78, 5) is 14.0. The average molecular weight is 285 g/mol. The zero-order chi connectivity index (χ0) is 15.1. The van der Waals surface area contributed by atoms with Crippen LogP contribution in [0.3, 0.4) is 0 Å². The summed E-state index contributed by atoms with van der Waals surface area (Å²) in [6, 6.07) is 9.39. The lowest BCUT2D eigenvalue weighted by molar-refractivity contribution is -0.127. The summed E-state index contributed by atoms with van der Waals surface area (Å²) in [6.07, 6.45) is 1.62. The summed E-state index contributed by atoms with van der Waals surface area (Å²) in [5.74, 6) is 0.527. The maximum atomic E-state index is 12.3. The minimum Gasteiger partial charge on any atom is -0.494 e. The van der Waals surface area contributed by atoms with E-state index in [0.29, 0.717) is 19.7 Å². The van der Waals surface area contributed by atoms with Gasteiger partial charge in [-0.15, -0.1) is 0 Å². The first-order valence-electron chi connectivity index (χ1n) is 7.09. The van der Waals surface area contributed by atoms with Crippen molar-refractivity contribution < 1.29 is 9.53 Å². The smallest absolute Gasteiger partial charge is 0.264 e. The quantitative estimate of drug-likeness (QED) is 0.671. The highest BCUT2D eigenvalue weighted by molar-refractivity contribution is 6.01. The number of piperazine rings is 1. The molecular formula is C16H19N3O2. The summed E-state index contributed by atoms with van der Waals surface area (Å²) < 4.78 is 5.42. The number of benzene rings is 1. The summed E-state index contributed by atoms with van der Waals surface area (Å²) in [7, 11) is 0. The van der Waals surface area contributed by atoms with Gasteiger partial charge in [-0.25, -0.2) is 0 Å². The molecule has 1 amide bonds. The van der Waals surface area contributed by atoms with Gasteiger partial charge in [0.1, 0.15) is 17.4 Å². The van der Waals surface area contributed by atoms with Crippen LogP contribution in [0.1, 0.15) is 12.5 Å². The van der Waals surface area contributed by atoms with Gasteiger partial charge in [-0.3, -0.25) is 4.79 Å². The Kier molecular flexibility index (Phi) is 5.35. The zero-order valence-corrected chi connectivity index (χ0v) is 12.1. The van der Waals surface area contributed by atoms with Crippen LogP contribution in [0.15, 0.2) is 29.8 Å². The highest BCUT2D eigenvalue weighted by Crippen LogP contribution is 2.16. The molecule has 0 unspecified atom stereocenters. The van der Waals surface area contributed by atoms with E-state index in [1.165, 1.54) is 0 Å². The van der Waals surface area contributed by atoms with Crippen LogP contribution in [-0.4, -0.2) is 43.6 Å². The van der Waals surface area contributed by atoms with Crippen molar-refractivity contribution in [3.63, 3.8) is 0 Å². The Labute approximate surface area is 124 Å². The fourth-order valence-corrected chi connectivity index (χ4v) is 2.21. The van der Waals surface area contributed by atoms with E-state index in [1.54, 1.807) is 11.0 Å². The van der Waals surface area contributed by atoms with Crippen LogP contribution >= 0.6 is 0 Å². The first-order valence-corrected chi connectivity index (χ1v) is 7.09. The van der Waals surface area contributed by atoms with E-state index >= 15 is 0 Å². The summed E-state index contributed by atoms with van der Waals surface area (Å²) in [5, 5.41) is 12.4. The lowest BCUT2D eigenvalue weighted by atomic mass is 10.1. The molecule has 2 rings (SSSR count). The molecule has 1 aliphatic heterocycles. The Balaban J connectivity index is 2.17. The highest BCUT2D eigenvalue weighted by Gasteiger charge is 2.19. The van der Waals surface area contributed by atoms with Gasteiger partial charge >= 0.3 is 0 Å². The third-order valence-corrected chi connectivity index (χ3v) is 3.24. The first-order chi connectivity index (χ1) is 10.2. The topological polar surface area (TPSA) is 65.4 Å². The van der Waals surface area contributed by atoms with E-state index in [4.69, 9.17) is 4.74 Å². The number of hydrogen-bond acceptors (Lipinski definition) is 4. The predicted octanol–water partition coefficient (Wildman–Crippen LogP) is 1.42. The van der Waals surface area contributed by atoms with Gasteiger partial charge in [-0.05, 0) is 30.7 Å². The van der Waals surface area contributed by atoms with Crippen LogP contribution in [0.25, 0.3) is 6.08 Å². The zero-order valence-electron chi connectivity index (χ0n) is 12.1. The SMILES string of the molecule is CCOc1cccc(/C=C(\C#N)C(=O)N2CCNCC2)c1. The molecule has 0 spiro atoms. The second-order valence-electron chi connectivity index (χ2n) is 4.72. The Bertz CT molecular complexity index is 569. The minimum absolute atomic E-state index is 0.158. The number of nitrogens with one attached hydrogen (secondary N) is 1. The molecule has 0 atom stereocenters. The van der Waals surface area contributed by atoms with E-state index in [0.717, 1.165) is 24.4 Å². The van der Waals surface area contributed by atoms with E-state index in [2.05, 4.69) is 5.32 Å². The molecule has 1 aliphatic rings. The number of ether oxygens (including phenoxy) is 1. The van der Waals surface area contributed by atoms with Gasteiger partial charge in [0, 0.05) is 26.2 Å². The summed E-state index contributed by atoms with van der Waals surface area (Å²) >= 11 is 0. The summed E-state index contributed by atoms with van der Waals surface area (Å²) in [6.45, 7) is 5.30. The van der Waals surface area contributed by atoms with Crippen molar-refractivity contribution in [1.82, 2.24) is 10.2 Å². The van der Waals surface area contributed by atoms with Crippen molar-refractivity contribution in [1.29, 1.82) is 5.26 Å². The maximum Gasteiger partial charge on any atom is 0.264 e. The molecule has 0 saturated carbocycles. The Hall–Kier alpha value is -2.32. The maximum absolute atomic E-state index is 12.3. The minimum atomic E-state index is -0.208. The van der Waals surface area contributed by atoms with E-state index < -0.39 is 0 Å². The van der Waals surface area contributed by atoms with E-state index in [1.807, 2.05) is 37.3 Å². The Morgan fingerprint density at radius 2 is 2.24 bits per heavy atom. The standard InChI is InChI=1S/C16H19N3O2/c1-2-21-15-5-3-4-13(11-15)10-14(12-17)16(20)19-8-6-18-7-9-19/h3-5,10-11,18H,2,6-9H2,1H3/b14-10+. The Morgan fingerprint density at radius 1 is 1.48 bits per heavy atom. The molecule has 1 fully saturated rings. The lowest BCUT2D eigenvalue weighted by Gasteiger charge is -2.27. The van der Waals surface area contributed by atoms with Gasteiger partial charge in [-0.1, -0.05) is 12.1 Å². The fourth-order valence-electron chi connectivity index (χ4n) is 2.21. The van der Waals surface area contributed by atoms with E-state index in [-0.39, 0.29) is 11.5 Å². The van der Waals surface area contributed by atoms with Crippen LogP contribution in [0, 0.1) is 11.3 Å². The number of hydrogen-bond donors (Lipinski definition) is 1. The molecule has 1 aromatic carbocycles. The van der Waals surface area contributed by atoms with Crippen molar-refractivity contribution in [3.8, 4) is 11.8 Å². The average Bonchev–Trinajstić information content (AvgIpc) is 2.53. The van der Waals surface area contributed by atoms with Gasteiger partial charge in [-0.2, -0.15) is 5.26 Å². The van der Waals surface area contributed by atoms with Crippen molar-refractivity contribution in [2.75, 3.05) is 32.8 Å². The number of nitriles is 1. The number of amides is 1. The molecule has 5 heteroatoms. The molecule has 5 nitrogen and oxygen atoms in total. The van der Waals surface area contributed by atoms with Crippen molar-refractivity contribution in [3.05, 3.63) is 35.4 Å². The second-order valence-corrected chi connectivity index (χ2v) is 4.72. The molecular weight excluding hydrogens is 266 g/mol. The molecule has 1 N–H and O–H groups in total. The van der Waals surface area contributed by atoms with Gasteiger partial charge in [0.05, 0.1) is 6.61 Å². The number of nitrogens with zero attached hydrogens (tertiary/aromatic N) is 2. The molecule has 0 radical (unpaired) electrons. The van der Waals surface area contributed by atoms with Crippen molar-refractivity contribution >= 4 is 12.0 Å².